The summed E-state index contributed by atoms with van der Waals surface area (Å²) in [5, 5.41) is 3.66. The van der Waals surface area contributed by atoms with Crippen LogP contribution in [0.2, 0.25) is 0 Å². The fourth-order valence-electron chi connectivity index (χ4n) is 2.54. The second-order valence-corrected chi connectivity index (χ2v) is 5.54. The van der Waals surface area contributed by atoms with Gasteiger partial charge in [-0.15, -0.1) is 0 Å². The summed E-state index contributed by atoms with van der Waals surface area (Å²) in [4.78, 5) is 20.1. The van der Waals surface area contributed by atoms with Gasteiger partial charge in [0.2, 0.25) is 5.91 Å². The number of rotatable bonds is 5. The highest BCUT2D eigenvalue weighted by atomic mass is 16.5. The van der Waals surface area contributed by atoms with Gasteiger partial charge in [-0.05, 0) is 26.9 Å². The van der Waals surface area contributed by atoms with Crippen LogP contribution in [0, 0.1) is 12.8 Å². The molecule has 1 fully saturated rings. The maximum absolute atomic E-state index is 12.1. The van der Waals surface area contributed by atoms with Gasteiger partial charge in [0.25, 0.3) is 5.89 Å². The monoisotopic (exact) mass is 282 g/mol. The van der Waals surface area contributed by atoms with Crippen molar-refractivity contribution in [3.05, 3.63) is 11.7 Å². The number of hydrogen-bond donors (Lipinski definition) is 0. The number of amides is 1. The Labute approximate surface area is 118 Å². The van der Waals surface area contributed by atoms with Crippen molar-refractivity contribution in [3.63, 3.8) is 0 Å². The summed E-state index contributed by atoms with van der Waals surface area (Å²) in [6, 6.07) is 0.414. The number of aryl methyl sites for hydroxylation is 1. The lowest BCUT2D eigenvalue weighted by molar-refractivity contribution is -0.136. The van der Waals surface area contributed by atoms with Gasteiger partial charge in [0, 0.05) is 19.1 Å². The van der Waals surface area contributed by atoms with E-state index in [2.05, 4.69) is 22.0 Å². The molecule has 0 aliphatic carbocycles. The van der Waals surface area contributed by atoms with Gasteiger partial charge in [-0.2, -0.15) is 4.98 Å². The molecule has 1 aromatic heterocycles. The molecule has 1 saturated heterocycles. The lowest BCUT2D eigenvalue weighted by Gasteiger charge is -2.22. The molecule has 2 rings (SSSR count). The van der Waals surface area contributed by atoms with Crippen LogP contribution in [0.1, 0.15) is 18.6 Å². The van der Waals surface area contributed by atoms with E-state index in [1.54, 1.807) is 6.92 Å². The Morgan fingerprint density at radius 1 is 1.50 bits per heavy atom. The first-order valence-electron chi connectivity index (χ1n) is 6.78. The molecule has 20 heavy (non-hydrogen) atoms. The quantitative estimate of drug-likeness (QED) is 0.773. The Kier molecular flexibility index (Phi) is 4.72. The van der Waals surface area contributed by atoms with Gasteiger partial charge in [-0.25, -0.2) is 0 Å². The van der Waals surface area contributed by atoms with Crippen LogP contribution in [-0.4, -0.2) is 65.7 Å². The maximum Gasteiger partial charge on any atom is 0.252 e. The summed E-state index contributed by atoms with van der Waals surface area (Å²) in [5.74, 6) is 1.46. The van der Waals surface area contributed by atoms with Crippen LogP contribution < -0.4 is 0 Å². The van der Waals surface area contributed by atoms with Gasteiger partial charge < -0.3 is 19.1 Å². The number of likely N-dealkylation sites (N-methyl/N-ethyl adjacent to an activating group) is 1. The number of likely N-dealkylation sites (tertiary alicyclic amines) is 1. The summed E-state index contributed by atoms with van der Waals surface area (Å²) < 4.78 is 10.3. The molecular weight excluding hydrogens is 260 g/mol. The minimum atomic E-state index is 0.0115. The third-order valence-electron chi connectivity index (χ3n) is 3.61. The number of ether oxygens (including phenoxy) is 1. The zero-order chi connectivity index (χ0) is 14.7. The number of aromatic nitrogens is 2. The largest absolute Gasteiger partial charge is 0.362 e. The Morgan fingerprint density at radius 2 is 2.25 bits per heavy atom. The van der Waals surface area contributed by atoms with E-state index in [0.29, 0.717) is 23.7 Å². The number of carbonyl (C=O) groups excluding carboxylic acids is 1. The van der Waals surface area contributed by atoms with E-state index >= 15 is 0 Å². The predicted molar refractivity (Wildman–Crippen MR) is 71.9 cm³/mol. The van der Waals surface area contributed by atoms with E-state index in [0.717, 1.165) is 13.1 Å². The van der Waals surface area contributed by atoms with Crippen molar-refractivity contribution in [2.45, 2.75) is 26.5 Å². The molecule has 0 bridgehead atoms. The van der Waals surface area contributed by atoms with Crippen LogP contribution in [0.4, 0.5) is 0 Å². The standard InChI is InChI=1S/C13H22N4O3/c1-9-5-17(6-11(9)16(3)4)13(18)8-19-7-12-14-10(2)15-20-12/h9,11H,5-8H2,1-4H3/t9-,11+/m0/s1. The van der Waals surface area contributed by atoms with Crippen LogP contribution in [-0.2, 0) is 16.1 Å². The van der Waals surface area contributed by atoms with Gasteiger partial charge in [0.15, 0.2) is 5.82 Å². The third-order valence-corrected chi connectivity index (χ3v) is 3.61. The van der Waals surface area contributed by atoms with Crippen molar-refractivity contribution in [2.24, 2.45) is 5.92 Å². The van der Waals surface area contributed by atoms with E-state index in [1.165, 1.54) is 0 Å². The van der Waals surface area contributed by atoms with E-state index < -0.39 is 0 Å². The van der Waals surface area contributed by atoms with Crippen LogP contribution in [0.5, 0.6) is 0 Å². The van der Waals surface area contributed by atoms with Gasteiger partial charge in [-0.1, -0.05) is 12.1 Å². The first-order chi connectivity index (χ1) is 9.47. The number of hydrogen-bond acceptors (Lipinski definition) is 6. The molecule has 1 aliphatic heterocycles. The molecule has 112 valence electrons. The van der Waals surface area contributed by atoms with Crippen molar-refractivity contribution in [2.75, 3.05) is 33.8 Å². The molecule has 1 amide bonds. The topological polar surface area (TPSA) is 71.7 Å². The van der Waals surface area contributed by atoms with Crippen LogP contribution in [0.25, 0.3) is 0 Å². The van der Waals surface area contributed by atoms with Crippen LogP contribution >= 0.6 is 0 Å². The molecule has 1 aromatic rings. The fraction of sp³-hybridized carbons (Fsp3) is 0.769. The van der Waals surface area contributed by atoms with E-state index in [4.69, 9.17) is 9.26 Å². The maximum atomic E-state index is 12.1. The zero-order valence-electron chi connectivity index (χ0n) is 12.5. The molecule has 2 atom stereocenters. The molecule has 0 N–H and O–H groups in total. The van der Waals surface area contributed by atoms with Crippen molar-refractivity contribution < 1.29 is 14.1 Å². The van der Waals surface area contributed by atoms with Crippen LogP contribution in [0.15, 0.2) is 4.52 Å². The molecular formula is C13H22N4O3. The predicted octanol–water partition coefficient (Wildman–Crippen LogP) is 0.303. The molecule has 0 aromatic carbocycles. The SMILES string of the molecule is Cc1noc(COCC(=O)N2C[C@@H](N(C)C)[C@@H](C)C2)n1. The first-order valence-corrected chi connectivity index (χ1v) is 6.78. The van der Waals surface area contributed by atoms with Gasteiger partial charge in [0.05, 0.1) is 0 Å². The van der Waals surface area contributed by atoms with Crippen molar-refractivity contribution >= 4 is 5.91 Å². The zero-order valence-corrected chi connectivity index (χ0v) is 12.5. The summed E-state index contributed by atoms with van der Waals surface area (Å²) in [6.45, 7) is 5.67. The first kappa shape index (κ1) is 14.9. The molecule has 7 nitrogen and oxygen atoms in total. The lowest BCUT2D eigenvalue weighted by atomic mass is 10.1. The van der Waals surface area contributed by atoms with E-state index in [-0.39, 0.29) is 19.1 Å². The summed E-state index contributed by atoms with van der Waals surface area (Å²) in [6.07, 6.45) is 0. The lowest BCUT2D eigenvalue weighted by Crippen LogP contribution is -2.36. The molecule has 0 radical (unpaired) electrons. The Bertz CT molecular complexity index is 460. The number of carbonyl (C=O) groups is 1. The Balaban J connectivity index is 1.75. The normalized spacial score (nSPS) is 22.8. The summed E-state index contributed by atoms with van der Waals surface area (Å²) in [5.41, 5.74) is 0. The average Bonchev–Trinajstić information content (AvgIpc) is 2.95. The molecule has 1 aliphatic rings. The van der Waals surface area contributed by atoms with Crippen molar-refractivity contribution in [1.29, 1.82) is 0 Å². The van der Waals surface area contributed by atoms with E-state index in [9.17, 15) is 4.79 Å². The minimum Gasteiger partial charge on any atom is -0.362 e. The van der Waals surface area contributed by atoms with Crippen molar-refractivity contribution in [1.82, 2.24) is 19.9 Å². The smallest absolute Gasteiger partial charge is 0.252 e. The summed E-state index contributed by atoms with van der Waals surface area (Å²) >= 11 is 0. The Hall–Kier alpha value is -1.47. The molecule has 0 unspecified atom stereocenters. The van der Waals surface area contributed by atoms with Gasteiger partial charge in [0.1, 0.15) is 13.2 Å². The third kappa shape index (κ3) is 3.55. The van der Waals surface area contributed by atoms with E-state index in [1.807, 2.05) is 19.0 Å². The van der Waals surface area contributed by atoms with Crippen LogP contribution in [0.3, 0.4) is 0 Å². The van der Waals surface area contributed by atoms with Crippen molar-refractivity contribution in [3.8, 4) is 0 Å². The molecule has 7 heteroatoms. The molecule has 0 saturated carbocycles. The molecule has 2 heterocycles. The highest BCUT2D eigenvalue weighted by Gasteiger charge is 2.33. The molecule has 0 spiro atoms. The fourth-order valence-corrected chi connectivity index (χ4v) is 2.54. The Morgan fingerprint density at radius 3 is 2.80 bits per heavy atom. The highest BCUT2D eigenvalue weighted by molar-refractivity contribution is 5.77. The summed E-state index contributed by atoms with van der Waals surface area (Å²) in [7, 11) is 4.09. The second kappa shape index (κ2) is 6.32. The number of nitrogens with zero attached hydrogens (tertiary/aromatic N) is 4. The second-order valence-electron chi connectivity index (χ2n) is 5.54. The van der Waals surface area contributed by atoms with Gasteiger partial charge >= 0.3 is 0 Å². The van der Waals surface area contributed by atoms with Gasteiger partial charge in [-0.3, -0.25) is 4.79 Å². The average molecular weight is 282 g/mol. The highest BCUT2D eigenvalue weighted by Crippen LogP contribution is 2.19. The minimum absolute atomic E-state index is 0.0115.